The summed E-state index contributed by atoms with van der Waals surface area (Å²) < 4.78 is 22.0. The van der Waals surface area contributed by atoms with Crippen LogP contribution in [-0.2, 0) is 9.59 Å². The monoisotopic (exact) mass is 568 g/mol. The predicted octanol–water partition coefficient (Wildman–Crippen LogP) is 6.11. The third-order valence-corrected chi connectivity index (χ3v) is 7.83. The quantitative estimate of drug-likeness (QED) is 0.322. The van der Waals surface area contributed by atoms with E-state index in [0.29, 0.717) is 59.2 Å². The minimum absolute atomic E-state index is 0.00230. The molecule has 0 aromatic heterocycles. The molecule has 8 heteroatoms. The van der Waals surface area contributed by atoms with E-state index in [0.717, 1.165) is 22.6 Å². The van der Waals surface area contributed by atoms with Crippen LogP contribution >= 0.6 is 0 Å². The normalized spacial score (nSPS) is 18.2. The molecule has 0 fully saturated rings. The van der Waals surface area contributed by atoms with Crippen LogP contribution in [0.5, 0.6) is 23.0 Å². The molecular weight excluding hydrogens is 532 g/mol. The smallest absolute Gasteiger partial charge is 0.254 e. The summed E-state index contributed by atoms with van der Waals surface area (Å²) in [6.45, 7) is 4.36. The van der Waals surface area contributed by atoms with Crippen LogP contribution in [0.2, 0.25) is 0 Å². The highest BCUT2D eigenvalue weighted by Crippen LogP contribution is 2.47. The van der Waals surface area contributed by atoms with Crippen LogP contribution in [0.4, 0.5) is 5.69 Å². The number of hydrogen-bond donors (Lipinski definition) is 2. The molecule has 3 aromatic rings. The lowest BCUT2D eigenvalue weighted by Crippen LogP contribution is -2.37. The number of rotatable bonds is 9. The van der Waals surface area contributed by atoms with Gasteiger partial charge in [0, 0.05) is 34.9 Å². The number of Topliss-reactive ketones (excluding diaryl/α,β-unsaturated/α-hetero) is 1. The van der Waals surface area contributed by atoms with E-state index in [-0.39, 0.29) is 17.6 Å². The Labute approximate surface area is 246 Å². The van der Waals surface area contributed by atoms with Gasteiger partial charge in [0.2, 0.25) is 0 Å². The van der Waals surface area contributed by atoms with Gasteiger partial charge >= 0.3 is 0 Å². The Balaban J connectivity index is 1.55. The number of ketones is 1. The fraction of sp³-hybridized carbons (Fsp3) is 0.294. The molecule has 1 aliphatic carbocycles. The van der Waals surface area contributed by atoms with Crippen molar-refractivity contribution >= 4 is 17.4 Å². The van der Waals surface area contributed by atoms with Crippen LogP contribution in [0, 0.1) is 0 Å². The van der Waals surface area contributed by atoms with Crippen molar-refractivity contribution in [2.24, 2.45) is 0 Å². The Morgan fingerprint density at radius 1 is 0.881 bits per heavy atom. The Morgan fingerprint density at radius 2 is 1.57 bits per heavy atom. The van der Waals surface area contributed by atoms with Crippen molar-refractivity contribution in [3.05, 3.63) is 100 Å². The van der Waals surface area contributed by atoms with E-state index >= 15 is 0 Å². The van der Waals surface area contributed by atoms with E-state index < -0.39 is 5.92 Å². The summed E-state index contributed by atoms with van der Waals surface area (Å²) in [6, 6.07) is 20.7. The van der Waals surface area contributed by atoms with Crippen molar-refractivity contribution in [1.82, 2.24) is 5.32 Å². The van der Waals surface area contributed by atoms with Crippen LogP contribution in [0.15, 0.2) is 89.3 Å². The third kappa shape index (κ3) is 5.57. The number of dihydropyridines is 1. The molecule has 42 heavy (non-hydrogen) atoms. The SMILES string of the molecule is CCOc1ccc([C@H]2C(C(=O)Nc3ccccc3OC)=C(C)NC3=C2C(=O)C[C@@H](c2ccc(OC)c(OC)c2)C3)cc1. The van der Waals surface area contributed by atoms with Crippen LogP contribution in [-0.4, -0.2) is 39.6 Å². The predicted molar refractivity (Wildman–Crippen MR) is 161 cm³/mol. The van der Waals surface area contributed by atoms with Crippen LogP contribution in [0.25, 0.3) is 0 Å². The van der Waals surface area contributed by atoms with Crippen LogP contribution < -0.4 is 29.6 Å². The van der Waals surface area contributed by atoms with Gasteiger partial charge in [0.05, 0.1) is 33.6 Å². The average molecular weight is 569 g/mol. The number of benzene rings is 3. The first-order chi connectivity index (χ1) is 20.4. The summed E-state index contributed by atoms with van der Waals surface area (Å²) in [7, 11) is 4.76. The minimum Gasteiger partial charge on any atom is -0.495 e. The third-order valence-electron chi connectivity index (χ3n) is 7.83. The van der Waals surface area contributed by atoms with Crippen molar-refractivity contribution in [2.45, 2.75) is 38.5 Å². The van der Waals surface area contributed by atoms with Crippen molar-refractivity contribution in [2.75, 3.05) is 33.3 Å². The van der Waals surface area contributed by atoms with E-state index in [4.69, 9.17) is 18.9 Å². The molecule has 0 radical (unpaired) electrons. The van der Waals surface area contributed by atoms with Gasteiger partial charge in [0.15, 0.2) is 17.3 Å². The molecule has 1 aliphatic heterocycles. The highest BCUT2D eigenvalue weighted by Gasteiger charge is 2.41. The number of carbonyl (C=O) groups excluding carboxylic acids is 2. The standard InChI is InChI=1S/C34H36N2O6/c1-6-42-24-14-11-21(12-15-24)32-31(34(38)36-25-9-7-8-10-28(25)39-3)20(2)35-26-17-23(18-27(37)33(26)32)22-13-16-29(40-4)30(19-22)41-5/h7-16,19,23,32,35H,6,17-18H2,1-5H3,(H,36,38)/t23-,32-/m0/s1. The topological polar surface area (TPSA) is 95.1 Å². The molecule has 0 spiro atoms. The van der Waals surface area contributed by atoms with Crippen molar-refractivity contribution in [3.63, 3.8) is 0 Å². The average Bonchev–Trinajstić information content (AvgIpc) is 3.00. The lowest BCUT2D eigenvalue weighted by Gasteiger charge is -2.37. The van der Waals surface area contributed by atoms with Gasteiger partial charge in [-0.1, -0.05) is 30.3 Å². The van der Waals surface area contributed by atoms with Gasteiger partial charge in [-0.15, -0.1) is 0 Å². The molecule has 5 rings (SSSR count). The molecule has 0 saturated carbocycles. The molecule has 2 aliphatic rings. The number of methoxy groups -OCH3 is 3. The van der Waals surface area contributed by atoms with Crippen molar-refractivity contribution < 1.29 is 28.5 Å². The lowest BCUT2D eigenvalue weighted by molar-refractivity contribution is -0.116. The zero-order valence-electron chi connectivity index (χ0n) is 24.6. The number of nitrogens with one attached hydrogen (secondary N) is 2. The zero-order chi connectivity index (χ0) is 29.8. The Kier molecular flexibility index (Phi) is 8.52. The Bertz CT molecular complexity index is 1560. The van der Waals surface area contributed by atoms with Gasteiger partial charge in [0.25, 0.3) is 5.91 Å². The van der Waals surface area contributed by atoms with Crippen molar-refractivity contribution in [3.8, 4) is 23.0 Å². The van der Waals surface area contributed by atoms with Gasteiger partial charge in [-0.25, -0.2) is 0 Å². The van der Waals surface area contributed by atoms with Gasteiger partial charge in [-0.3, -0.25) is 9.59 Å². The fourth-order valence-corrected chi connectivity index (χ4v) is 5.88. The highest BCUT2D eigenvalue weighted by atomic mass is 16.5. The van der Waals surface area contributed by atoms with Gasteiger partial charge in [0.1, 0.15) is 11.5 Å². The van der Waals surface area contributed by atoms with E-state index in [9.17, 15) is 9.59 Å². The first-order valence-corrected chi connectivity index (χ1v) is 14.0. The maximum Gasteiger partial charge on any atom is 0.254 e. The summed E-state index contributed by atoms with van der Waals surface area (Å²) in [5.41, 5.74) is 5.02. The van der Waals surface area contributed by atoms with Gasteiger partial charge in [-0.2, -0.15) is 0 Å². The molecule has 0 unspecified atom stereocenters. The number of carbonyl (C=O) groups is 2. The molecule has 1 heterocycles. The van der Waals surface area contributed by atoms with E-state index in [1.807, 2.05) is 68.4 Å². The van der Waals surface area contributed by atoms with Crippen LogP contribution in [0.3, 0.4) is 0 Å². The highest BCUT2D eigenvalue weighted by molar-refractivity contribution is 6.10. The molecule has 1 amide bonds. The summed E-state index contributed by atoms with van der Waals surface area (Å²) >= 11 is 0. The number of allylic oxidation sites excluding steroid dienone is 3. The first kappa shape index (κ1) is 28.8. The van der Waals surface area contributed by atoms with Crippen LogP contribution in [0.1, 0.15) is 49.7 Å². The minimum atomic E-state index is -0.550. The summed E-state index contributed by atoms with van der Waals surface area (Å²) in [6.07, 6.45) is 0.923. The number of anilines is 1. The molecular formula is C34H36N2O6. The Morgan fingerprint density at radius 3 is 2.26 bits per heavy atom. The second kappa shape index (κ2) is 12.4. The maximum atomic E-state index is 14.0. The van der Waals surface area contributed by atoms with Gasteiger partial charge < -0.3 is 29.6 Å². The second-order valence-electron chi connectivity index (χ2n) is 10.3. The molecule has 2 atom stereocenters. The first-order valence-electron chi connectivity index (χ1n) is 14.0. The summed E-state index contributed by atoms with van der Waals surface area (Å²) in [4.78, 5) is 28.0. The summed E-state index contributed by atoms with van der Waals surface area (Å²) in [5.74, 6) is 1.64. The Hall–Kier alpha value is -4.72. The van der Waals surface area contributed by atoms with Crippen molar-refractivity contribution in [1.29, 1.82) is 0 Å². The molecule has 3 aromatic carbocycles. The largest absolute Gasteiger partial charge is 0.495 e. The number of para-hydroxylation sites is 2. The molecule has 218 valence electrons. The molecule has 0 bridgehead atoms. The number of ether oxygens (including phenoxy) is 4. The second-order valence-corrected chi connectivity index (χ2v) is 10.3. The number of amides is 1. The zero-order valence-corrected chi connectivity index (χ0v) is 24.6. The molecule has 0 saturated heterocycles. The molecule has 8 nitrogen and oxygen atoms in total. The van der Waals surface area contributed by atoms with Gasteiger partial charge in [-0.05, 0) is 73.7 Å². The van der Waals surface area contributed by atoms with E-state index in [2.05, 4.69) is 10.6 Å². The summed E-state index contributed by atoms with van der Waals surface area (Å²) in [5, 5.41) is 6.46. The fourth-order valence-electron chi connectivity index (χ4n) is 5.88. The molecule has 2 N–H and O–H groups in total. The lowest BCUT2D eigenvalue weighted by atomic mass is 9.71. The van der Waals surface area contributed by atoms with E-state index in [1.54, 1.807) is 33.5 Å². The van der Waals surface area contributed by atoms with E-state index in [1.165, 1.54) is 0 Å². The number of hydrogen-bond acceptors (Lipinski definition) is 7. The maximum absolute atomic E-state index is 14.0.